The number of aryl methyl sites for hydroxylation is 1. The highest BCUT2D eigenvalue weighted by molar-refractivity contribution is 5.91. The number of aromatic nitrogens is 1. The molecule has 0 unspecified atom stereocenters. The third kappa shape index (κ3) is 4.09. The molecule has 1 aromatic heterocycles. The molecule has 0 saturated carbocycles. The van der Waals surface area contributed by atoms with Crippen molar-refractivity contribution in [3.8, 4) is 22.8 Å². The number of H-pyrrole nitrogens is 1. The molecule has 28 heavy (non-hydrogen) atoms. The van der Waals surface area contributed by atoms with Gasteiger partial charge in [0.1, 0.15) is 11.5 Å². The van der Waals surface area contributed by atoms with Crippen LogP contribution in [0, 0.1) is 0 Å². The Kier molecular flexibility index (Phi) is 5.84. The monoisotopic (exact) mass is 392 g/mol. The van der Waals surface area contributed by atoms with Crippen LogP contribution in [0.2, 0.25) is 0 Å². The van der Waals surface area contributed by atoms with E-state index in [0.717, 1.165) is 35.7 Å². The number of benzene rings is 2. The van der Waals surface area contributed by atoms with Crippen LogP contribution in [0.5, 0.6) is 11.5 Å². The quantitative estimate of drug-likeness (QED) is 0.547. The number of fused-ring (bicyclic) bond motifs is 1. The van der Waals surface area contributed by atoms with Crippen LogP contribution in [0.1, 0.15) is 24.0 Å². The second-order valence-electron chi connectivity index (χ2n) is 6.58. The summed E-state index contributed by atoms with van der Waals surface area (Å²) in [6, 6.07) is 9.21. The Morgan fingerprint density at radius 1 is 0.964 bits per heavy atom. The molecule has 0 amide bonds. The number of halogens is 3. The SMILES string of the molecule is COc1cc(OC)cc(-c2[nH]c3ccc(C(F)(F)F)cc3c2CCCCN)c1. The largest absolute Gasteiger partial charge is 0.497 e. The number of aromatic amines is 1. The second kappa shape index (κ2) is 8.14. The van der Waals surface area contributed by atoms with Gasteiger partial charge in [-0.05, 0) is 61.7 Å². The first-order valence-corrected chi connectivity index (χ1v) is 9.02. The molecule has 4 nitrogen and oxygen atoms in total. The Balaban J connectivity index is 2.19. The first kappa shape index (κ1) is 20.1. The molecule has 3 rings (SSSR count). The van der Waals surface area contributed by atoms with Gasteiger partial charge in [0, 0.05) is 28.2 Å². The minimum Gasteiger partial charge on any atom is -0.497 e. The molecular weight excluding hydrogens is 369 g/mol. The van der Waals surface area contributed by atoms with Gasteiger partial charge >= 0.3 is 6.18 Å². The van der Waals surface area contributed by atoms with Gasteiger partial charge in [0.05, 0.1) is 19.8 Å². The standard InChI is InChI=1S/C21H23F3N2O2/c1-27-15-9-13(10-16(12-15)28-2)20-17(5-3-4-8-25)18-11-14(21(22,23)24)6-7-19(18)26-20/h6-7,9-12,26H,3-5,8,25H2,1-2H3. The minimum absolute atomic E-state index is 0.540. The highest BCUT2D eigenvalue weighted by Crippen LogP contribution is 2.38. The summed E-state index contributed by atoms with van der Waals surface area (Å²) >= 11 is 0. The van der Waals surface area contributed by atoms with Gasteiger partial charge < -0.3 is 20.2 Å². The molecular formula is C21H23F3N2O2. The molecule has 2 aromatic carbocycles. The van der Waals surface area contributed by atoms with Crippen LogP contribution in [0.15, 0.2) is 36.4 Å². The van der Waals surface area contributed by atoms with Crippen LogP contribution >= 0.6 is 0 Å². The topological polar surface area (TPSA) is 60.3 Å². The van der Waals surface area contributed by atoms with Gasteiger partial charge in [0.2, 0.25) is 0 Å². The minimum atomic E-state index is -4.39. The summed E-state index contributed by atoms with van der Waals surface area (Å²) in [5.74, 6) is 1.22. The van der Waals surface area contributed by atoms with Crippen molar-refractivity contribution >= 4 is 10.9 Å². The highest BCUT2D eigenvalue weighted by atomic mass is 19.4. The van der Waals surface area contributed by atoms with E-state index in [0.29, 0.717) is 35.4 Å². The van der Waals surface area contributed by atoms with Crippen molar-refractivity contribution < 1.29 is 22.6 Å². The Hall–Kier alpha value is -2.67. The normalized spacial score (nSPS) is 11.8. The summed E-state index contributed by atoms with van der Waals surface area (Å²) in [7, 11) is 3.11. The molecule has 0 saturated heterocycles. The first-order chi connectivity index (χ1) is 13.4. The summed E-state index contributed by atoms with van der Waals surface area (Å²) in [6.07, 6.45) is -2.19. The molecule has 0 aliphatic rings. The molecule has 0 fully saturated rings. The fourth-order valence-corrected chi connectivity index (χ4v) is 3.33. The lowest BCUT2D eigenvalue weighted by Gasteiger charge is -2.10. The van der Waals surface area contributed by atoms with E-state index in [1.165, 1.54) is 12.1 Å². The fourth-order valence-electron chi connectivity index (χ4n) is 3.33. The van der Waals surface area contributed by atoms with Crippen molar-refractivity contribution in [1.29, 1.82) is 0 Å². The van der Waals surface area contributed by atoms with Gasteiger partial charge in [-0.15, -0.1) is 0 Å². The number of ether oxygens (including phenoxy) is 2. The predicted octanol–water partition coefficient (Wildman–Crippen LogP) is 5.15. The van der Waals surface area contributed by atoms with Crippen molar-refractivity contribution in [2.75, 3.05) is 20.8 Å². The van der Waals surface area contributed by atoms with E-state index in [1.54, 1.807) is 20.3 Å². The molecule has 1 heterocycles. The number of nitrogens with two attached hydrogens (primary N) is 1. The Bertz CT molecular complexity index is 942. The molecule has 0 aliphatic carbocycles. The molecule has 0 spiro atoms. The summed E-state index contributed by atoms with van der Waals surface area (Å²) in [4.78, 5) is 3.28. The van der Waals surface area contributed by atoms with E-state index >= 15 is 0 Å². The number of hydrogen-bond donors (Lipinski definition) is 2. The zero-order valence-electron chi connectivity index (χ0n) is 15.8. The molecule has 3 N–H and O–H groups in total. The van der Waals surface area contributed by atoms with Gasteiger partial charge in [0.25, 0.3) is 0 Å². The molecule has 0 aliphatic heterocycles. The van der Waals surface area contributed by atoms with Crippen LogP contribution < -0.4 is 15.2 Å². The lowest BCUT2D eigenvalue weighted by atomic mass is 9.99. The van der Waals surface area contributed by atoms with Gasteiger partial charge in [-0.3, -0.25) is 0 Å². The van der Waals surface area contributed by atoms with E-state index in [9.17, 15) is 13.2 Å². The number of unbranched alkanes of at least 4 members (excludes halogenated alkanes) is 1. The van der Waals surface area contributed by atoms with Crippen molar-refractivity contribution in [3.63, 3.8) is 0 Å². The number of alkyl halides is 3. The van der Waals surface area contributed by atoms with E-state index in [4.69, 9.17) is 15.2 Å². The maximum absolute atomic E-state index is 13.2. The average molecular weight is 392 g/mol. The van der Waals surface area contributed by atoms with E-state index < -0.39 is 11.7 Å². The van der Waals surface area contributed by atoms with Gasteiger partial charge in [-0.1, -0.05) is 0 Å². The number of nitrogens with one attached hydrogen (secondary N) is 1. The second-order valence-corrected chi connectivity index (χ2v) is 6.58. The smallest absolute Gasteiger partial charge is 0.416 e. The molecule has 150 valence electrons. The van der Waals surface area contributed by atoms with Crippen LogP contribution in [0.25, 0.3) is 22.2 Å². The Labute approximate surface area is 161 Å². The first-order valence-electron chi connectivity index (χ1n) is 9.02. The lowest BCUT2D eigenvalue weighted by Crippen LogP contribution is -2.04. The van der Waals surface area contributed by atoms with Gasteiger partial charge in [-0.25, -0.2) is 0 Å². The van der Waals surface area contributed by atoms with Crippen molar-refractivity contribution in [2.45, 2.75) is 25.4 Å². The molecule has 7 heteroatoms. The molecule has 3 aromatic rings. The Morgan fingerprint density at radius 2 is 1.64 bits per heavy atom. The number of methoxy groups -OCH3 is 2. The molecule has 0 bridgehead atoms. The number of rotatable bonds is 7. The third-order valence-corrected chi connectivity index (χ3v) is 4.75. The highest BCUT2D eigenvalue weighted by Gasteiger charge is 2.31. The Morgan fingerprint density at radius 3 is 2.21 bits per heavy atom. The summed E-state index contributed by atoms with van der Waals surface area (Å²) < 4.78 is 50.3. The summed E-state index contributed by atoms with van der Waals surface area (Å²) in [6.45, 7) is 0.540. The van der Waals surface area contributed by atoms with Crippen molar-refractivity contribution in [3.05, 3.63) is 47.5 Å². The number of hydrogen-bond acceptors (Lipinski definition) is 3. The zero-order chi connectivity index (χ0) is 20.3. The van der Waals surface area contributed by atoms with E-state index in [2.05, 4.69) is 4.98 Å². The van der Waals surface area contributed by atoms with Crippen LogP contribution in [0.3, 0.4) is 0 Å². The average Bonchev–Trinajstić information content (AvgIpc) is 3.05. The van der Waals surface area contributed by atoms with Crippen molar-refractivity contribution in [2.24, 2.45) is 5.73 Å². The fraction of sp³-hybridized carbons (Fsp3) is 0.333. The van der Waals surface area contributed by atoms with Crippen LogP contribution in [0.4, 0.5) is 13.2 Å². The molecule has 0 radical (unpaired) electrons. The third-order valence-electron chi connectivity index (χ3n) is 4.75. The zero-order valence-corrected chi connectivity index (χ0v) is 15.8. The van der Waals surface area contributed by atoms with E-state index in [1.807, 2.05) is 12.1 Å². The maximum Gasteiger partial charge on any atom is 0.416 e. The predicted molar refractivity (Wildman–Crippen MR) is 104 cm³/mol. The summed E-state index contributed by atoms with van der Waals surface area (Å²) in [5, 5.41) is 0.573. The van der Waals surface area contributed by atoms with Gasteiger partial charge in [0.15, 0.2) is 0 Å². The molecule has 0 atom stereocenters. The van der Waals surface area contributed by atoms with Crippen LogP contribution in [-0.2, 0) is 12.6 Å². The van der Waals surface area contributed by atoms with Crippen molar-refractivity contribution in [1.82, 2.24) is 4.98 Å². The summed E-state index contributed by atoms with van der Waals surface area (Å²) in [5.41, 5.74) is 8.00. The van der Waals surface area contributed by atoms with Gasteiger partial charge in [-0.2, -0.15) is 13.2 Å². The van der Waals surface area contributed by atoms with Crippen LogP contribution in [-0.4, -0.2) is 25.7 Å². The maximum atomic E-state index is 13.2. The van der Waals surface area contributed by atoms with E-state index in [-0.39, 0.29) is 0 Å². The lowest BCUT2D eigenvalue weighted by molar-refractivity contribution is -0.137.